The van der Waals surface area contributed by atoms with Crippen molar-refractivity contribution in [2.45, 2.75) is 25.3 Å². The smallest absolute Gasteiger partial charge is 0.328 e. The Morgan fingerprint density at radius 3 is 2.76 bits per heavy atom. The summed E-state index contributed by atoms with van der Waals surface area (Å²) >= 11 is 0. The summed E-state index contributed by atoms with van der Waals surface area (Å²) in [7, 11) is 1.37. The van der Waals surface area contributed by atoms with E-state index in [2.05, 4.69) is 15.3 Å². The maximum absolute atomic E-state index is 11.5. The van der Waals surface area contributed by atoms with Crippen molar-refractivity contribution in [1.29, 1.82) is 0 Å². The SMILES string of the molecule is COC(=O)[C@H](CCCCN)Nc1ncccn1. The maximum atomic E-state index is 11.5. The molecule has 0 fully saturated rings. The Kier molecular flexibility index (Phi) is 5.95. The minimum absolute atomic E-state index is 0.311. The monoisotopic (exact) mass is 238 g/mol. The molecule has 0 aliphatic carbocycles. The number of methoxy groups -OCH3 is 1. The minimum Gasteiger partial charge on any atom is -0.467 e. The summed E-state index contributed by atoms with van der Waals surface area (Å²) in [6, 6.07) is 1.29. The summed E-state index contributed by atoms with van der Waals surface area (Å²) in [5.41, 5.74) is 5.41. The first-order valence-electron chi connectivity index (χ1n) is 5.59. The number of unbranched alkanes of at least 4 members (excludes halogenated alkanes) is 1. The van der Waals surface area contributed by atoms with Gasteiger partial charge >= 0.3 is 5.97 Å². The van der Waals surface area contributed by atoms with Gasteiger partial charge in [0.15, 0.2) is 0 Å². The maximum Gasteiger partial charge on any atom is 0.328 e. The summed E-state index contributed by atoms with van der Waals surface area (Å²) in [5, 5.41) is 2.95. The van der Waals surface area contributed by atoms with Crippen LogP contribution in [0.1, 0.15) is 19.3 Å². The summed E-state index contributed by atoms with van der Waals surface area (Å²) in [5.74, 6) is 0.116. The van der Waals surface area contributed by atoms with Crippen LogP contribution in [0.4, 0.5) is 5.95 Å². The van der Waals surface area contributed by atoms with E-state index < -0.39 is 6.04 Å². The molecule has 0 aliphatic heterocycles. The van der Waals surface area contributed by atoms with Gasteiger partial charge < -0.3 is 15.8 Å². The van der Waals surface area contributed by atoms with Crippen LogP contribution in [-0.2, 0) is 9.53 Å². The van der Waals surface area contributed by atoms with Crippen molar-refractivity contribution >= 4 is 11.9 Å². The van der Waals surface area contributed by atoms with Crippen LogP contribution < -0.4 is 11.1 Å². The van der Waals surface area contributed by atoms with E-state index in [1.165, 1.54) is 7.11 Å². The number of aromatic nitrogens is 2. The van der Waals surface area contributed by atoms with E-state index in [9.17, 15) is 4.79 Å². The average molecular weight is 238 g/mol. The number of carbonyl (C=O) groups is 1. The molecule has 17 heavy (non-hydrogen) atoms. The molecule has 0 bridgehead atoms. The van der Waals surface area contributed by atoms with Crippen LogP contribution in [-0.4, -0.2) is 35.6 Å². The number of nitrogens with two attached hydrogens (primary N) is 1. The van der Waals surface area contributed by atoms with Gasteiger partial charge in [-0.05, 0) is 31.9 Å². The molecule has 1 rings (SSSR count). The van der Waals surface area contributed by atoms with Crippen LogP contribution in [0.5, 0.6) is 0 Å². The largest absolute Gasteiger partial charge is 0.467 e. The summed E-state index contributed by atoms with van der Waals surface area (Å²) < 4.78 is 4.73. The van der Waals surface area contributed by atoms with Crippen molar-refractivity contribution in [3.63, 3.8) is 0 Å². The second kappa shape index (κ2) is 7.56. The van der Waals surface area contributed by atoms with Crippen LogP contribution in [0, 0.1) is 0 Å². The molecule has 0 aliphatic rings. The van der Waals surface area contributed by atoms with Gasteiger partial charge in [0.2, 0.25) is 5.95 Å². The van der Waals surface area contributed by atoms with Crippen LogP contribution in [0.25, 0.3) is 0 Å². The number of anilines is 1. The number of ether oxygens (including phenoxy) is 1. The Balaban J connectivity index is 2.54. The van der Waals surface area contributed by atoms with Gasteiger partial charge in [0.1, 0.15) is 6.04 Å². The third-order valence-electron chi connectivity index (χ3n) is 2.30. The molecule has 1 aromatic rings. The van der Waals surface area contributed by atoms with E-state index in [-0.39, 0.29) is 5.97 Å². The highest BCUT2D eigenvalue weighted by molar-refractivity contribution is 5.78. The molecule has 94 valence electrons. The van der Waals surface area contributed by atoms with Crippen molar-refractivity contribution in [3.8, 4) is 0 Å². The Morgan fingerprint density at radius 2 is 2.18 bits per heavy atom. The summed E-state index contributed by atoms with van der Waals surface area (Å²) in [6.45, 7) is 0.621. The van der Waals surface area contributed by atoms with Crippen LogP contribution >= 0.6 is 0 Å². The molecule has 0 aromatic carbocycles. The zero-order valence-electron chi connectivity index (χ0n) is 9.93. The molecule has 1 heterocycles. The number of hydrogen-bond acceptors (Lipinski definition) is 6. The van der Waals surface area contributed by atoms with Gasteiger partial charge in [0, 0.05) is 12.4 Å². The first-order chi connectivity index (χ1) is 8.27. The number of carbonyl (C=O) groups excluding carboxylic acids is 1. The van der Waals surface area contributed by atoms with Crippen molar-refractivity contribution in [1.82, 2.24) is 9.97 Å². The molecule has 3 N–H and O–H groups in total. The molecular weight excluding hydrogens is 220 g/mol. The lowest BCUT2D eigenvalue weighted by atomic mass is 10.1. The van der Waals surface area contributed by atoms with Crippen molar-refractivity contribution < 1.29 is 9.53 Å². The predicted octanol–water partition coefficient (Wildman–Crippen LogP) is 0.559. The number of nitrogens with one attached hydrogen (secondary N) is 1. The van der Waals surface area contributed by atoms with Crippen molar-refractivity contribution in [2.24, 2.45) is 5.73 Å². The highest BCUT2D eigenvalue weighted by Crippen LogP contribution is 2.07. The van der Waals surface area contributed by atoms with Crippen LogP contribution in [0.3, 0.4) is 0 Å². The predicted molar refractivity (Wildman–Crippen MR) is 64.4 cm³/mol. The number of nitrogens with zero attached hydrogens (tertiary/aromatic N) is 2. The molecule has 0 saturated carbocycles. The van der Waals surface area contributed by atoms with Gasteiger partial charge in [-0.3, -0.25) is 0 Å². The fourth-order valence-corrected chi connectivity index (χ4v) is 1.41. The second-order valence-corrected chi connectivity index (χ2v) is 3.58. The Bertz CT molecular complexity index is 332. The number of rotatable bonds is 7. The lowest BCUT2D eigenvalue weighted by Crippen LogP contribution is -2.31. The van der Waals surface area contributed by atoms with Crippen LogP contribution in [0.2, 0.25) is 0 Å². The van der Waals surface area contributed by atoms with Crippen molar-refractivity contribution in [2.75, 3.05) is 19.0 Å². The zero-order chi connectivity index (χ0) is 12.5. The highest BCUT2D eigenvalue weighted by atomic mass is 16.5. The van der Waals surface area contributed by atoms with E-state index in [4.69, 9.17) is 10.5 Å². The Hall–Kier alpha value is -1.69. The summed E-state index contributed by atoms with van der Waals surface area (Å²) in [4.78, 5) is 19.6. The summed E-state index contributed by atoms with van der Waals surface area (Å²) in [6.07, 6.45) is 5.62. The van der Waals surface area contributed by atoms with E-state index in [1.54, 1.807) is 18.5 Å². The normalized spacial score (nSPS) is 11.9. The third kappa shape index (κ3) is 4.78. The lowest BCUT2D eigenvalue weighted by Gasteiger charge is -2.15. The molecule has 0 amide bonds. The van der Waals surface area contributed by atoms with Crippen molar-refractivity contribution in [3.05, 3.63) is 18.5 Å². The topological polar surface area (TPSA) is 90.1 Å². The Morgan fingerprint density at radius 1 is 1.47 bits per heavy atom. The quantitative estimate of drug-likeness (QED) is 0.533. The molecule has 6 nitrogen and oxygen atoms in total. The van der Waals surface area contributed by atoms with Gasteiger partial charge in [-0.1, -0.05) is 0 Å². The molecule has 6 heteroatoms. The minimum atomic E-state index is -0.422. The number of esters is 1. The second-order valence-electron chi connectivity index (χ2n) is 3.58. The van der Waals surface area contributed by atoms with E-state index in [0.717, 1.165) is 12.8 Å². The molecule has 1 aromatic heterocycles. The fraction of sp³-hybridized carbons (Fsp3) is 0.545. The molecule has 0 spiro atoms. The first kappa shape index (κ1) is 13.4. The fourth-order valence-electron chi connectivity index (χ4n) is 1.41. The van der Waals surface area contributed by atoms with E-state index in [1.807, 2.05) is 0 Å². The molecule has 0 radical (unpaired) electrons. The zero-order valence-corrected chi connectivity index (χ0v) is 9.93. The van der Waals surface area contributed by atoms with Gasteiger partial charge in [0.25, 0.3) is 0 Å². The molecule has 1 atom stereocenters. The Labute approximate surface area is 101 Å². The van der Waals surface area contributed by atoms with Crippen LogP contribution in [0.15, 0.2) is 18.5 Å². The van der Waals surface area contributed by atoms with Gasteiger partial charge in [-0.15, -0.1) is 0 Å². The first-order valence-corrected chi connectivity index (χ1v) is 5.59. The van der Waals surface area contributed by atoms with Gasteiger partial charge in [-0.25, -0.2) is 14.8 Å². The van der Waals surface area contributed by atoms with Gasteiger partial charge in [0.05, 0.1) is 7.11 Å². The number of hydrogen-bond donors (Lipinski definition) is 2. The lowest BCUT2D eigenvalue weighted by molar-refractivity contribution is -0.141. The molecule has 0 unspecified atom stereocenters. The van der Waals surface area contributed by atoms with E-state index in [0.29, 0.717) is 18.9 Å². The highest BCUT2D eigenvalue weighted by Gasteiger charge is 2.19. The van der Waals surface area contributed by atoms with Gasteiger partial charge in [-0.2, -0.15) is 0 Å². The van der Waals surface area contributed by atoms with E-state index >= 15 is 0 Å². The standard InChI is InChI=1S/C11H18N4O2/c1-17-10(16)9(5-2-3-6-12)15-11-13-7-4-8-14-11/h4,7-9H,2-3,5-6,12H2,1H3,(H,13,14,15)/t9-/m0/s1. The molecular formula is C11H18N4O2. The average Bonchev–Trinajstić information content (AvgIpc) is 2.38. The third-order valence-corrected chi connectivity index (χ3v) is 2.30. The molecule has 0 saturated heterocycles.